The topological polar surface area (TPSA) is 62.2 Å². The highest BCUT2D eigenvalue weighted by molar-refractivity contribution is 8.17. The molecule has 0 bridgehead atoms. The average molecular weight is 430 g/mol. The molecule has 0 saturated carbocycles. The smallest absolute Gasteiger partial charge is 0.331 e. The summed E-state index contributed by atoms with van der Waals surface area (Å²) in [4.78, 5) is 34.8. The Balaban J connectivity index is 1.67. The molecule has 3 aromatic carbocycles. The van der Waals surface area contributed by atoms with Gasteiger partial charge >= 0.3 is 11.1 Å². The van der Waals surface area contributed by atoms with E-state index < -0.39 is 16.2 Å². The zero-order valence-electron chi connectivity index (χ0n) is 16.8. The third kappa shape index (κ3) is 3.09. The minimum Gasteiger partial charge on any atom is -0.331 e. The summed E-state index contributed by atoms with van der Waals surface area (Å²) in [6.07, 6.45) is 0.927. The third-order valence-corrected chi connectivity index (χ3v) is 6.35. The number of carbonyl (C=O) groups is 2. The van der Waals surface area contributed by atoms with Crippen molar-refractivity contribution in [1.82, 2.24) is 0 Å². The van der Waals surface area contributed by atoms with Crippen molar-refractivity contribution >= 4 is 40.0 Å². The Morgan fingerprint density at radius 3 is 2.00 bits per heavy atom. The fourth-order valence-electron chi connectivity index (χ4n) is 3.74. The highest BCUT2D eigenvalue weighted by atomic mass is 32.2. The van der Waals surface area contributed by atoms with Gasteiger partial charge in [0, 0.05) is 23.0 Å². The lowest BCUT2D eigenvalue weighted by Crippen LogP contribution is -2.57. The van der Waals surface area contributed by atoms with Crippen molar-refractivity contribution in [2.45, 2.75) is 18.5 Å². The van der Waals surface area contributed by atoms with Gasteiger partial charge in [-0.1, -0.05) is 72.7 Å². The van der Waals surface area contributed by atoms with Crippen LogP contribution in [0, 0.1) is 0 Å². The van der Waals surface area contributed by atoms with Crippen molar-refractivity contribution < 1.29 is 14.4 Å². The second kappa shape index (κ2) is 7.59. The highest BCUT2D eigenvalue weighted by Crippen LogP contribution is 2.49. The summed E-state index contributed by atoms with van der Waals surface area (Å²) in [5, 5.41) is 2.30. The minimum absolute atomic E-state index is 0.532. The van der Waals surface area contributed by atoms with Gasteiger partial charge in [-0.2, -0.15) is 0 Å². The molecule has 1 unspecified atom stereocenters. The first-order valence-electron chi connectivity index (χ1n) is 9.97. The van der Waals surface area contributed by atoms with Crippen molar-refractivity contribution in [3.63, 3.8) is 0 Å². The zero-order valence-corrected chi connectivity index (χ0v) is 17.6. The van der Waals surface area contributed by atoms with Crippen LogP contribution in [0.3, 0.4) is 0 Å². The second-order valence-corrected chi connectivity index (χ2v) is 8.25. The number of para-hydroxylation sites is 2. The molecule has 31 heavy (non-hydrogen) atoms. The minimum atomic E-state index is -1.48. The molecule has 1 atom stereocenters. The summed E-state index contributed by atoms with van der Waals surface area (Å²) in [5.41, 5.74) is 3.35. The molecule has 7 heteroatoms. The summed E-state index contributed by atoms with van der Waals surface area (Å²) in [5.74, 6) is -0.111. The van der Waals surface area contributed by atoms with Gasteiger partial charge in [0.2, 0.25) is 0 Å². The van der Waals surface area contributed by atoms with Gasteiger partial charge < -0.3 is 4.84 Å². The van der Waals surface area contributed by atoms with Crippen LogP contribution >= 0.6 is 11.8 Å². The summed E-state index contributed by atoms with van der Waals surface area (Å²) < 4.78 is 0. The van der Waals surface area contributed by atoms with Gasteiger partial charge in [-0.25, -0.2) is 4.90 Å². The molecule has 0 radical (unpaired) electrons. The van der Waals surface area contributed by atoms with Gasteiger partial charge in [0.05, 0.1) is 5.69 Å². The van der Waals surface area contributed by atoms with Crippen LogP contribution in [0.25, 0.3) is 0 Å². The van der Waals surface area contributed by atoms with Crippen LogP contribution < -0.4 is 9.80 Å². The lowest BCUT2D eigenvalue weighted by molar-refractivity contribution is -0.131. The maximum absolute atomic E-state index is 13.0. The Hall–Kier alpha value is -3.58. The van der Waals surface area contributed by atoms with Crippen LogP contribution in [0.4, 0.5) is 11.4 Å². The van der Waals surface area contributed by atoms with Crippen molar-refractivity contribution in [2.24, 2.45) is 5.16 Å². The van der Waals surface area contributed by atoms with E-state index in [0.29, 0.717) is 11.5 Å². The first-order valence-corrected chi connectivity index (χ1v) is 10.8. The molecule has 6 nitrogen and oxygen atoms in total. The lowest BCUT2D eigenvalue weighted by atomic mass is 10.1. The van der Waals surface area contributed by atoms with E-state index >= 15 is 0 Å². The normalized spacial score (nSPS) is 20.4. The number of thioether (sulfide) groups is 1. The van der Waals surface area contributed by atoms with Crippen LogP contribution in [0.1, 0.15) is 18.1 Å². The summed E-state index contributed by atoms with van der Waals surface area (Å²) in [6.45, 7) is 2.10. The molecule has 5 rings (SSSR count). The quantitative estimate of drug-likeness (QED) is 0.577. The molecule has 2 aliphatic heterocycles. The van der Waals surface area contributed by atoms with Crippen molar-refractivity contribution in [3.05, 3.63) is 96.1 Å². The SMILES string of the molecule is CCc1ccc(C2=NOC3(SC(=O)C(=O)N3c3ccccc3)N2c2ccccc2)cc1. The van der Waals surface area contributed by atoms with Crippen molar-refractivity contribution in [2.75, 3.05) is 9.80 Å². The number of anilines is 2. The number of nitrogens with zero attached hydrogens (tertiary/aromatic N) is 3. The monoisotopic (exact) mass is 429 g/mol. The third-order valence-electron chi connectivity index (χ3n) is 5.28. The number of hydrogen-bond acceptors (Lipinski definition) is 6. The molecule has 2 aliphatic rings. The van der Waals surface area contributed by atoms with Gasteiger partial charge in [0.15, 0.2) is 5.84 Å². The molecule has 1 spiro atoms. The standard InChI is InChI=1S/C24H19N3O3S/c1-2-17-13-15-18(16-14-17)21-25-30-24(26(21)19-9-5-3-6-10-19)27(22(28)23(29)31-24)20-11-7-4-8-12-20/h3-16H,2H2,1H3. The Morgan fingerprint density at radius 2 is 1.42 bits per heavy atom. The summed E-state index contributed by atoms with van der Waals surface area (Å²) in [7, 11) is 0. The van der Waals surface area contributed by atoms with Crippen molar-refractivity contribution in [1.29, 1.82) is 0 Å². The van der Waals surface area contributed by atoms with E-state index in [2.05, 4.69) is 12.1 Å². The Morgan fingerprint density at radius 1 is 0.839 bits per heavy atom. The van der Waals surface area contributed by atoms with Gasteiger partial charge in [-0.3, -0.25) is 14.5 Å². The van der Waals surface area contributed by atoms with Crippen LogP contribution in [-0.4, -0.2) is 22.0 Å². The van der Waals surface area contributed by atoms with Crippen molar-refractivity contribution in [3.8, 4) is 0 Å². The molecule has 154 valence electrons. The Labute approximate surface area is 184 Å². The number of rotatable bonds is 4. The molecule has 1 fully saturated rings. The number of amidine groups is 1. The number of carbonyl (C=O) groups excluding carboxylic acids is 2. The van der Waals surface area contributed by atoms with Crippen LogP contribution in [0.2, 0.25) is 0 Å². The first kappa shape index (κ1) is 19.4. The molecule has 1 amide bonds. The van der Waals surface area contributed by atoms with E-state index in [4.69, 9.17) is 4.84 Å². The molecule has 2 heterocycles. The maximum Gasteiger partial charge on any atom is 0.359 e. The molecule has 0 aromatic heterocycles. The van der Waals surface area contributed by atoms with E-state index in [1.54, 1.807) is 12.1 Å². The number of benzene rings is 3. The predicted octanol–water partition coefficient (Wildman–Crippen LogP) is 4.37. The van der Waals surface area contributed by atoms with Gasteiger partial charge in [0.1, 0.15) is 0 Å². The molecular formula is C24H19N3O3S. The molecule has 0 N–H and O–H groups in total. The largest absolute Gasteiger partial charge is 0.359 e. The maximum atomic E-state index is 13.0. The highest BCUT2D eigenvalue weighted by Gasteiger charge is 2.63. The summed E-state index contributed by atoms with van der Waals surface area (Å²) in [6, 6.07) is 26.6. The van der Waals surface area contributed by atoms with Gasteiger partial charge in [0.25, 0.3) is 5.12 Å². The summed E-state index contributed by atoms with van der Waals surface area (Å²) >= 11 is 0.822. The molecular weight excluding hydrogens is 410 g/mol. The zero-order chi connectivity index (χ0) is 21.4. The van der Waals surface area contributed by atoms with Gasteiger partial charge in [-0.05, 0) is 36.2 Å². The van der Waals surface area contributed by atoms with E-state index in [1.165, 1.54) is 10.5 Å². The number of aryl methyl sites for hydroxylation is 1. The van der Waals surface area contributed by atoms with E-state index in [9.17, 15) is 9.59 Å². The van der Waals surface area contributed by atoms with E-state index in [0.717, 1.165) is 29.4 Å². The molecule has 0 aliphatic carbocycles. The molecule has 3 aromatic rings. The fraction of sp³-hybridized carbons (Fsp3) is 0.125. The average Bonchev–Trinajstić information content (AvgIpc) is 3.31. The second-order valence-electron chi connectivity index (χ2n) is 7.14. The fourth-order valence-corrected chi connectivity index (χ4v) is 4.80. The van der Waals surface area contributed by atoms with Crippen LogP contribution in [0.5, 0.6) is 0 Å². The van der Waals surface area contributed by atoms with Gasteiger partial charge in [-0.15, -0.1) is 0 Å². The number of oxime groups is 1. The number of hydrogen-bond donors (Lipinski definition) is 0. The molecule has 1 saturated heterocycles. The van der Waals surface area contributed by atoms with E-state index in [1.807, 2.05) is 77.7 Å². The Bertz CT molecular complexity index is 1170. The van der Waals surface area contributed by atoms with Crippen LogP contribution in [0.15, 0.2) is 90.1 Å². The first-order chi connectivity index (χ1) is 15.1. The number of amides is 1. The van der Waals surface area contributed by atoms with Crippen LogP contribution in [-0.2, 0) is 20.8 Å². The lowest BCUT2D eigenvalue weighted by Gasteiger charge is -2.38. The van der Waals surface area contributed by atoms with E-state index in [-0.39, 0.29) is 0 Å². The predicted molar refractivity (Wildman–Crippen MR) is 122 cm³/mol. The Kier molecular flexibility index (Phi) is 4.75.